The minimum absolute atomic E-state index is 0.213. The zero-order chi connectivity index (χ0) is 20.1. The Labute approximate surface area is 169 Å². The number of benzene rings is 1. The topological polar surface area (TPSA) is 56.8 Å². The first-order chi connectivity index (χ1) is 13.3. The monoisotopic (exact) mass is 411 g/mol. The van der Waals surface area contributed by atoms with Crippen LogP contribution in [-0.4, -0.2) is 37.1 Å². The van der Waals surface area contributed by atoms with Crippen LogP contribution in [0.1, 0.15) is 61.4 Å². The SMILES string of the molecule is COC(=O)c1cc(Cl)c2c(c1C)OC(C)(C1CCC(NC3CC(F)C3)CC1)O2. The molecule has 1 N–H and O–H groups in total. The molecule has 2 aliphatic carbocycles. The van der Waals surface area contributed by atoms with Gasteiger partial charge in [-0.05, 0) is 51.5 Å². The Morgan fingerprint density at radius 3 is 2.46 bits per heavy atom. The number of ether oxygens (including phenoxy) is 3. The van der Waals surface area contributed by atoms with Crippen molar-refractivity contribution in [2.24, 2.45) is 5.92 Å². The molecule has 0 saturated heterocycles. The first-order valence-electron chi connectivity index (χ1n) is 10.00. The molecule has 154 valence electrons. The van der Waals surface area contributed by atoms with Crippen LogP contribution < -0.4 is 14.8 Å². The smallest absolute Gasteiger partial charge is 0.338 e. The van der Waals surface area contributed by atoms with E-state index in [1.54, 1.807) is 6.07 Å². The van der Waals surface area contributed by atoms with Crippen LogP contribution in [-0.2, 0) is 4.74 Å². The summed E-state index contributed by atoms with van der Waals surface area (Å²) < 4.78 is 30.3. The minimum atomic E-state index is -0.809. The number of fused-ring (bicyclic) bond motifs is 1. The number of alkyl halides is 1. The Morgan fingerprint density at radius 2 is 1.86 bits per heavy atom. The van der Waals surface area contributed by atoms with Gasteiger partial charge in [-0.1, -0.05) is 11.6 Å². The lowest BCUT2D eigenvalue weighted by molar-refractivity contribution is -0.121. The second-order valence-corrected chi connectivity index (χ2v) is 8.79. The normalized spacial score (nSPS) is 34.0. The van der Waals surface area contributed by atoms with Crippen LogP contribution in [0.15, 0.2) is 6.07 Å². The molecule has 0 amide bonds. The van der Waals surface area contributed by atoms with Gasteiger partial charge >= 0.3 is 5.97 Å². The highest BCUT2D eigenvalue weighted by Gasteiger charge is 2.47. The van der Waals surface area contributed by atoms with E-state index < -0.39 is 17.9 Å². The van der Waals surface area contributed by atoms with Crippen LogP contribution in [0.3, 0.4) is 0 Å². The van der Waals surface area contributed by atoms with Gasteiger partial charge in [0, 0.05) is 30.5 Å². The van der Waals surface area contributed by atoms with Gasteiger partial charge in [-0.15, -0.1) is 0 Å². The molecule has 28 heavy (non-hydrogen) atoms. The Kier molecular flexibility index (Phi) is 5.21. The van der Waals surface area contributed by atoms with E-state index in [-0.39, 0.29) is 5.92 Å². The van der Waals surface area contributed by atoms with Crippen molar-refractivity contribution >= 4 is 17.6 Å². The number of carbonyl (C=O) groups excluding carboxylic acids is 1. The number of rotatable bonds is 4. The molecular weight excluding hydrogens is 385 g/mol. The van der Waals surface area contributed by atoms with E-state index in [0.717, 1.165) is 25.7 Å². The molecule has 1 aromatic carbocycles. The Balaban J connectivity index is 1.44. The molecule has 2 fully saturated rings. The first-order valence-corrected chi connectivity index (χ1v) is 10.4. The van der Waals surface area contributed by atoms with Crippen LogP contribution in [0.2, 0.25) is 5.02 Å². The van der Waals surface area contributed by atoms with E-state index in [2.05, 4.69) is 5.32 Å². The number of hydrogen-bond donors (Lipinski definition) is 1. The van der Waals surface area contributed by atoms with E-state index in [0.29, 0.717) is 52.6 Å². The third kappa shape index (κ3) is 3.45. The van der Waals surface area contributed by atoms with Gasteiger partial charge in [-0.2, -0.15) is 0 Å². The highest BCUT2D eigenvalue weighted by Crippen LogP contribution is 2.51. The second kappa shape index (κ2) is 7.38. The van der Waals surface area contributed by atoms with Crippen LogP contribution in [0.25, 0.3) is 0 Å². The molecule has 4 rings (SSSR count). The molecule has 1 atom stereocenters. The van der Waals surface area contributed by atoms with Crippen molar-refractivity contribution in [1.82, 2.24) is 5.32 Å². The fourth-order valence-electron chi connectivity index (χ4n) is 4.64. The number of halogens is 2. The zero-order valence-corrected chi connectivity index (χ0v) is 17.3. The van der Waals surface area contributed by atoms with Crippen LogP contribution >= 0.6 is 11.6 Å². The first kappa shape index (κ1) is 19.8. The predicted octanol–water partition coefficient (Wildman–Crippen LogP) is 4.57. The lowest BCUT2D eigenvalue weighted by Gasteiger charge is -2.40. The van der Waals surface area contributed by atoms with Gasteiger partial charge in [-0.3, -0.25) is 0 Å². The van der Waals surface area contributed by atoms with Crippen molar-refractivity contribution in [3.8, 4) is 11.5 Å². The summed E-state index contributed by atoms with van der Waals surface area (Å²) in [4.78, 5) is 12.0. The molecule has 1 aliphatic heterocycles. The highest BCUT2D eigenvalue weighted by molar-refractivity contribution is 6.32. The predicted molar refractivity (Wildman–Crippen MR) is 104 cm³/mol. The highest BCUT2D eigenvalue weighted by atomic mass is 35.5. The Morgan fingerprint density at radius 1 is 1.21 bits per heavy atom. The largest absolute Gasteiger partial charge is 0.465 e. The maximum Gasteiger partial charge on any atom is 0.338 e. The van der Waals surface area contributed by atoms with Crippen LogP contribution in [0.5, 0.6) is 11.5 Å². The van der Waals surface area contributed by atoms with Gasteiger partial charge in [0.2, 0.25) is 0 Å². The molecule has 1 unspecified atom stereocenters. The van der Waals surface area contributed by atoms with E-state index in [1.807, 2.05) is 13.8 Å². The van der Waals surface area contributed by atoms with E-state index >= 15 is 0 Å². The lowest BCUT2D eigenvalue weighted by atomic mass is 9.80. The molecule has 0 aromatic heterocycles. The molecule has 3 aliphatic rings. The van der Waals surface area contributed by atoms with Gasteiger partial charge < -0.3 is 19.5 Å². The molecule has 2 saturated carbocycles. The van der Waals surface area contributed by atoms with Gasteiger partial charge in [0.05, 0.1) is 17.7 Å². The third-order valence-corrected chi connectivity index (χ3v) is 6.76. The molecule has 0 spiro atoms. The molecule has 0 bridgehead atoms. The second-order valence-electron chi connectivity index (χ2n) is 8.38. The Hall–Kier alpha value is -1.53. The van der Waals surface area contributed by atoms with Crippen LogP contribution in [0.4, 0.5) is 4.39 Å². The number of hydrogen-bond acceptors (Lipinski definition) is 5. The fourth-order valence-corrected chi connectivity index (χ4v) is 4.87. The Bertz CT molecular complexity index is 774. The van der Waals surface area contributed by atoms with E-state index in [9.17, 15) is 9.18 Å². The minimum Gasteiger partial charge on any atom is -0.465 e. The fraction of sp³-hybridized carbons (Fsp3) is 0.667. The zero-order valence-electron chi connectivity index (χ0n) is 16.5. The van der Waals surface area contributed by atoms with Gasteiger partial charge in [0.25, 0.3) is 5.79 Å². The summed E-state index contributed by atoms with van der Waals surface area (Å²) in [5.41, 5.74) is 1.06. The van der Waals surface area contributed by atoms with Crippen molar-refractivity contribution in [3.63, 3.8) is 0 Å². The van der Waals surface area contributed by atoms with Gasteiger partial charge in [0.15, 0.2) is 11.5 Å². The molecule has 0 radical (unpaired) electrons. The maximum absolute atomic E-state index is 13.0. The molecule has 5 nitrogen and oxygen atoms in total. The van der Waals surface area contributed by atoms with Crippen LogP contribution in [0, 0.1) is 12.8 Å². The summed E-state index contributed by atoms with van der Waals surface area (Å²) >= 11 is 6.38. The van der Waals surface area contributed by atoms with Crippen molar-refractivity contribution in [2.75, 3.05) is 7.11 Å². The standard InChI is InChI=1S/C21H27ClFNO4/c1-11-16(20(25)26-3)10-17(22)19-18(11)27-21(2,28-19)12-4-6-14(7-5-12)24-15-8-13(23)9-15/h10,12-15,24H,4-9H2,1-3H3. The summed E-state index contributed by atoms with van der Waals surface area (Å²) in [5, 5.41) is 3.93. The quantitative estimate of drug-likeness (QED) is 0.735. The van der Waals surface area contributed by atoms with E-state index in [1.165, 1.54) is 7.11 Å². The number of esters is 1. The summed E-state index contributed by atoms with van der Waals surface area (Å²) in [5.74, 6) is -0.0170. The van der Waals surface area contributed by atoms with Gasteiger partial charge in [-0.25, -0.2) is 9.18 Å². The average molecular weight is 412 g/mol. The van der Waals surface area contributed by atoms with Crippen molar-refractivity contribution in [1.29, 1.82) is 0 Å². The van der Waals surface area contributed by atoms with E-state index in [4.69, 9.17) is 25.8 Å². The summed E-state index contributed by atoms with van der Waals surface area (Å²) in [6.45, 7) is 3.76. The molecule has 1 aromatic rings. The van der Waals surface area contributed by atoms with Crippen molar-refractivity contribution in [2.45, 2.75) is 76.4 Å². The number of carbonyl (C=O) groups is 1. The molecule has 7 heteroatoms. The third-order valence-electron chi connectivity index (χ3n) is 6.47. The number of methoxy groups -OCH3 is 1. The van der Waals surface area contributed by atoms with Crippen molar-refractivity contribution < 1.29 is 23.4 Å². The summed E-state index contributed by atoms with van der Waals surface area (Å²) in [6.07, 6.45) is 4.57. The maximum atomic E-state index is 13.0. The lowest BCUT2D eigenvalue weighted by Crippen LogP contribution is -2.51. The summed E-state index contributed by atoms with van der Waals surface area (Å²) in [7, 11) is 1.34. The summed E-state index contributed by atoms with van der Waals surface area (Å²) in [6, 6.07) is 2.33. The molecule has 1 heterocycles. The van der Waals surface area contributed by atoms with Gasteiger partial charge in [0.1, 0.15) is 6.17 Å². The molecular formula is C21H27ClFNO4. The van der Waals surface area contributed by atoms with Crippen molar-refractivity contribution in [3.05, 3.63) is 22.2 Å². The number of nitrogens with one attached hydrogen (secondary N) is 1. The average Bonchev–Trinajstić information content (AvgIpc) is 3.03.